The van der Waals surface area contributed by atoms with Gasteiger partial charge in [-0.3, -0.25) is 4.79 Å². The predicted molar refractivity (Wildman–Crippen MR) is 95.4 cm³/mol. The van der Waals surface area contributed by atoms with Crippen molar-refractivity contribution in [3.8, 4) is 11.5 Å². The van der Waals surface area contributed by atoms with E-state index in [0.29, 0.717) is 28.0 Å². The molecule has 7 heteroatoms. The van der Waals surface area contributed by atoms with E-state index in [0.717, 1.165) is 16.8 Å². The molecule has 1 atom stereocenters. The summed E-state index contributed by atoms with van der Waals surface area (Å²) in [5.41, 5.74) is 2.58. The zero-order valence-electron chi connectivity index (χ0n) is 13.3. The van der Waals surface area contributed by atoms with Gasteiger partial charge in [0.2, 0.25) is 12.7 Å². The molecule has 1 amide bonds. The fourth-order valence-electron chi connectivity index (χ4n) is 3.03. The van der Waals surface area contributed by atoms with Gasteiger partial charge in [-0.05, 0) is 35.4 Å². The minimum Gasteiger partial charge on any atom is -0.454 e. The Morgan fingerprint density at radius 1 is 1.12 bits per heavy atom. The van der Waals surface area contributed by atoms with E-state index in [1.54, 1.807) is 12.1 Å². The lowest BCUT2D eigenvalue weighted by molar-refractivity contribution is -0.130. The van der Waals surface area contributed by atoms with E-state index in [1.165, 1.54) is 11.9 Å². The van der Waals surface area contributed by atoms with Gasteiger partial charge in [-0.1, -0.05) is 35.3 Å². The monoisotopic (exact) mass is 376 g/mol. The lowest BCUT2D eigenvalue weighted by atomic mass is 9.98. The molecule has 0 bridgehead atoms. The standard InChI is InChI=1S/C18H14Cl2N2O3/c1-10(23)22-16(12-3-5-17-18(7-12)25-9-24-17)8-15(21-22)11-2-4-13(19)14(20)6-11/h2-7,16H,8-9H2,1H3/t16-/m0/s1. The van der Waals surface area contributed by atoms with Crippen molar-refractivity contribution in [3.63, 3.8) is 0 Å². The largest absolute Gasteiger partial charge is 0.454 e. The number of hydrazone groups is 1. The van der Waals surface area contributed by atoms with Gasteiger partial charge in [0.1, 0.15) is 0 Å². The van der Waals surface area contributed by atoms with Crippen LogP contribution >= 0.6 is 23.2 Å². The van der Waals surface area contributed by atoms with Crippen LogP contribution in [-0.2, 0) is 4.79 Å². The van der Waals surface area contributed by atoms with Gasteiger partial charge in [-0.15, -0.1) is 0 Å². The second-order valence-electron chi connectivity index (χ2n) is 5.87. The van der Waals surface area contributed by atoms with Crippen LogP contribution < -0.4 is 9.47 Å². The van der Waals surface area contributed by atoms with Crippen LogP contribution in [0.25, 0.3) is 0 Å². The molecule has 2 aliphatic rings. The van der Waals surface area contributed by atoms with E-state index >= 15 is 0 Å². The molecular weight excluding hydrogens is 363 g/mol. The van der Waals surface area contributed by atoms with E-state index in [2.05, 4.69) is 5.10 Å². The van der Waals surface area contributed by atoms with Crippen molar-refractivity contribution in [1.82, 2.24) is 5.01 Å². The summed E-state index contributed by atoms with van der Waals surface area (Å²) in [6, 6.07) is 10.8. The summed E-state index contributed by atoms with van der Waals surface area (Å²) < 4.78 is 10.8. The summed E-state index contributed by atoms with van der Waals surface area (Å²) in [6.45, 7) is 1.71. The van der Waals surface area contributed by atoms with E-state index in [-0.39, 0.29) is 18.7 Å². The molecule has 128 valence electrons. The summed E-state index contributed by atoms with van der Waals surface area (Å²) in [7, 11) is 0. The van der Waals surface area contributed by atoms with Crippen LogP contribution in [0.2, 0.25) is 10.0 Å². The van der Waals surface area contributed by atoms with Crippen molar-refractivity contribution >= 4 is 34.8 Å². The van der Waals surface area contributed by atoms with Gasteiger partial charge in [-0.2, -0.15) is 5.10 Å². The zero-order chi connectivity index (χ0) is 17.6. The Balaban J connectivity index is 1.68. The van der Waals surface area contributed by atoms with Gasteiger partial charge in [0.25, 0.3) is 0 Å². The van der Waals surface area contributed by atoms with Gasteiger partial charge < -0.3 is 9.47 Å². The first-order valence-electron chi connectivity index (χ1n) is 7.75. The quantitative estimate of drug-likeness (QED) is 0.779. The SMILES string of the molecule is CC(=O)N1N=C(c2ccc(Cl)c(Cl)c2)C[C@H]1c1ccc2c(c1)OCO2. The lowest BCUT2D eigenvalue weighted by Crippen LogP contribution is -2.24. The average molecular weight is 377 g/mol. The van der Waals surface area contributed by atoms with Crippen molar-refractivity contribution in [2.45, 2.75) is 19.4 Å². The molecule has 0 spiro atoms. The predicted octanol–water partition coefficient (Wildman–Crippen LogP) is 4.42. The molecule has 2 aromatic rings. The zero-order valence-corrected chi connectivity index (χ0v) is 14.8. The van der Waals surface area contributed by atoms with Gasteiger partial charge in [0, 0.05) is 13.3 Å². The van der Waals surface area contributed by atoms with E-state index < -0.39 is 0 Å². The molecule has 0 aliphatic carbocycles. The fraction of sp³-hybridized carbons (Fsp3) is 0.222. The average Bonchev–Trinajstić information content (AvgIpc) is 3.23. The van der Waals surface area contributed by atoms with Crippen LogP contribution in [0.5, 0.6) is 11.5 Å². The maximum absolute atomic E-state index is 12.1. The highest BCUT2D eigenvalue weighted by Crippen LogP contribution is 2.39. The van der Waals surface area contributed by atoms with Crippen molar-refractivity contribution in [3.05, 3.63) is 57.6 Å². The molecule has 2 aromatic carbocycles. The van der Waals surface area contributed by atoms with E-state index in [4.69, 9.17) is 32.7 Å². The highest BCUT2D eigenvalue weighted by molar-refractivity contribution is 6.42. The Morgan fingerprint density at radius 2 is 1.92 bits per heavy atom. The molecule has 25 heavy (non-hydrogen) atoms. The molecule has 0 saturated carbocycles. The van der Waals surface area contributed by atoms with Gasteiger partial charge >= 0.3 is 0 Å². The van der Waals surface area contributed by atoms with Crippen molar-refractivity contribution in [2.24, 2.45) is 5.10 Å². The van der Waals surface area contributed by atoms with Crippen molar-refractivity contribution in [2.75, 3.05) is 6.79 Å². The number of rotatable bonds is 2. The smallest absolute Gasteiger partial charge is 0.240 e. The summed E-state index contributed by atoms with van der Waals surface area (Å²) in [5.74, 6) is 1.27. The third kappa shape index (κ3) is 2.94. The molecule has 0 saturated heterocycles. The number of hydrogen-bond acceptors (Lipinski definition) is 4. The van der Waals surface area contributed by atoms with Gasteiger partial charge in [0.15, 0.2) is 11.5 Å². The molecule has 0 unspecified atom stereocenters. The van der Waals surface area contributed by atoms with Crippen LogP contribution in [0.4, 0.5) is 0 Å². The molecule has 0 radical (unpaired) electrons. The maximum Gasteiger partial charge on any atom is 0.240 e. The molecule has 5 nitrogen and oxygen atoms in total. The van der Waals surface area contributed by atoms with E-state index in [9.17, 15) is 4.79 Å². The number of hydrogen-bond donors (Lipinski definition) is 0. The normalized spacial score (nSPS) is 18.4. The van der Waals surface area contributed by atoms with Crippen LogP contribution in [-0.4, -0.2) is 23.4 Å². The summed E-state index contributed by atoms with van der Waals surface area (Å²) in [4.78, 5) is 12.1. The first kappa shape index (κ1) is 16.2. The maximum atomic E-state index is 12.1. The summed E-state index contributed by atoms with van der Waals surface area (Å²) >= 11 is 12.1. The third-order valence-corrected chi connectivity index (χ3v) is 5.01. The van der Waals surface area contributed by atoms with Crippen LogP contribution in [0.15, 0.2) is 41.5 Å². The van der Waals surface area contributed by atoms with E-state index in [1.807, 2.05) is 24.3 Å². The summed E-state index contributed by atoms with van der Waals surface area (Å²) in [5, 5.41) is 6.95. The Hall–Kier alpha value is -2.24. The Bertz CT molecular complexity index is 898. The molecular formula is C18H14Cl2N2O3. The highest BCUT2D eigenvalue weighted by Gasteiger charge is 2.32. The van der Waals surface area contributed by atoms with Gasteiger partial charge in [0.05, 0.1) is 21.8 Å². The molecule has 2 heterocycles. The van der Waals surface area contributed by atoms with Crippen LogP contribution in [0.3, 0.4) is 0 Å². The first-order valence-corrected chi connectivity index (χ1v) is 8.51. The van der Waals surface area contributed by atoms with Crippen molar-refractivity contribution in [1.29, 1.82) is 0 Å². The Morgan fingerprint density at radius 3 is 2.68 bits per heavy atom. The Kier molecular flexibility index (Phi) is 4.06. The molecule has 4 rings (SSSR count). The highest BCUT2D eigenvalue weighted by atomic mass is 35.5. The topological polar surface area (TPSA) is 51.1 Å². The molecule has 0 aromatic heterocycles. The van der Waals surface area contributed by atoms with Gasteiger partial charge in [-0.25, -0.2) is 5.01 Å². The number of benzene rings is 2. The number of halogens is 2. The number of carbonyl (C=O) groups is 1. The first-order chi connectivity index (χ1) is 12.0. The minimum absolute atomic E-state index is 0.127. The molecule has 0 fully saturated rings. The second-order valence-corrected chi connectivity index (χ2v) is 6.69. The number of carbonyl (C=O) groups excluding carboxylic acids is 1. The minimum atomic E-state index is -0.198. The number of amides is 1. The Labute approximate surface area is 154 Å². The fourth-order valence-corrected chi connectivity index (χ4v) is 3.33. The molecule has 0 N–H and O–H groups in total. The molecule has 2 aliphatic heterocycles. The van der Waals surface area contributed by atoms with Crippen LogP contribution in [0, 0.1) is 0 Å². The lowest BCUT2D eigenvalue weighted by Gasteiger charge is -2.20. The number of nitrogens with zero attached hydrogens (tertiary/aromatic N) is 2. The number of fused-ring (bicyclic) bond motifs is 1. The van der Waals surface area contributed by atoms with Crippen molar-refractivity contribution < 1.29 is 14.3 Å². The number of ether oxygens (including phenoxy) is 2. The summed E-state index contributed by atoms with van der Waals surface area (Å²) in [6.07, 6.45) is 0.581. The second kappa shape index (κ2) is 6.24. The third-order valence-electron chi connectivity index (χ3n) is 4.27. The van der Waals surface area contributed by atoms with Crippen LogP contribution in [0.1, 0.15) is 30.5 Å².